The van der Waals surface area contributed by atoms with E-state index in [-0.39, 0.29) is 22.2 Å². The second kappa shape index (κ2) is 5.24. The number of rotatable bonds is 3. The lowest BCUT2D eigenvalue weighted by atomic mass is 9.91. The molecule has 3 heterocycles. The summed E-state index contributed by atoms with van der Waals surface area (Å²) < 4.78 is 12.0. The summed E-state index contributed by atoms with van der Waals surface area (Å²) in [5.74, 6) is 0.717. The Balaban J connectivity index is 1.74. The maximum atomic E-state index is 12.5. The third kappa shape index (κ3) is 2.37. The third-order valence-corrected chi connectivity index (χ3v) is 6.43. The Kier molecular flexibility index (Phi) is 3.58. The Morgan fingerprint density at radius 3 is 2.25 bits per heavy atom. The summed E-state index contributed by atoms with van der Waals surface area (Å²) in [5.41, 5.74) is 0.577. The van der Waals surface area contributed by atoms with Crippen LogP contribution in [0.4, 0.5) is 5.95 Å². The van der Waals surface area contributed by atoms with Crippen LogP contribution in [0.2, 0.25) is 0 Å². The summed E-state index contributed by atoms with van der Waals surface area (Å²) >= 11 is 0. The van der Waals surface area contributed by atoms with Gasteiger partial charge >= 0.3 is 0 Å². The predicted octanol–water partition coefficient (Wildman–Crippen LogP) is 1.42. The van der Waals surface area contributed by atoms with Gasteiger partial charge in [-0.25, -0.2) is 9.97 Å². The van der Waals surface area contributed by atoms with Gasteiger partial charge in [-0.15, -0.1) is 0 Å². The maximum absolute atomic E-state index is 12.5. The van der Waals surface area contributed by atoms with Gasteiger partial charge in [0.05, 0.1) is 5.56 Å². The lowest BCUT2D eigenvalue weighted by Gasteiger charge is -2.26. The van der Waals surface area contributed by atoms with Gasteiger partial charge < -0.3 is 4.90 Å². The van der Waals surface area contributed by atoms with Crippen LogP contribution in [-0.4, -0.2) is 44.6 Å². The minimum absolute atomic E-state index is 0.000920. The number of aromatic nitrogens is 2. The number of hydrogen-bond donors (Lipinski definition) is 0. The summed E-state index contributed by atoms with van der Waals surface area (Å²) in [4.78, 5) is 22.7. The number of carbonyl (C=O) groups excluding carboxylic acids is 1. The molecule has 6 heteroatoms. The highest BCUT2D eigenvalue weighted by atomic mass is 32.2. The minimum Gasteiger partial charge on any atom is -0.347 e. The number of hydrogen-bond acceptors (Lipinski definition) is 5. The monoisotopic (exact) mass is 293 g/mol. The molecule has 0 radical (unpaired) electrons. The summed E-state index contributed by atoms with van der Waals surface area (Å²) in [6, 6.07) is 0. The molecular formula is C14H19N3O2S. The van der Waals surface area contributed by atoms with E-state index < -0.39 is 10.8 Å². The van der Waals surface area contributed by atoms with Crippen LogP contribution in [-0.2, 0) is 10.8 Å². The molecule has 108 valence electrons. The summed E-state index contributed by atoms with van der Waals surface area (Å²) in [6.45, 7) is 0. The molecule has 2 unspecified atom stereocenters. The average molecular weight is 293 g/mol. The first kappa shape index (κ1) is 13.7. The van der Waals surface area contributed by atoms with E-state index in [1.165, 1.54) is 0 Å². The molecule has 0 N–H and O–H groups in total. The Bertz CT molecular complexity index is 528. The number of nitrogens with zero attached hydrogens (tertiary/aromatic N) is 3. The van der Waals surface area contributed by atoms with Gasteiger partial charge in [0.15, 0.2) is 5.78 Å². The van der Waals surface area contributed by atoms with Crippen molar-refractivity contribution in [2.45, 2.75) is 36.2 Å². The molecule has 1 aromatic heterocycles. The molecule has 0 amide bonds. The number of fused-ring (bicyclic) bond motifs is 2. The van der Waals surface area contributed by atoms with Gasteiger partial charge in [0.2, 0.25) is 5.95 Å². The molecule has 20 heavy (non-hydrogen) atoms. The van der Waals surface area contributed by atoms with Crippen molar-refractivity contribution in [1.29, 1.82) is 0 Å². The molecule has 2 aliphatic heterocycles. The number of Topliss-reactive ketones (excluding diaryl/α,β-unsaturated/α-hetero) is 1. The molecule has 0 spiro atoms. The van der Waals surface area contributed by atoms with E-state index in [1.807, 2.05) is 14.1 Å². The van der Waals surface area contributed by atoms with E-state index in [0.29, 0.717) is 11.5 Å². The molecule has 1 aromatic rings. The van der Waals surface area contributed by atoms with E-state index in [0.717, 1.165) is 25.7 Å². The molecule has 5 nitrogen and oxygen atoms in total. The third-order valence-electron chi connectivity index (χ3n) is 4.26. The molecular weight excluding hydrogens is 274 g/mol. The van der Waals surface area contributed by atoms with Gasteiger partial charge in [-0.05, 0) is 25.7 Å². The zero-order chi connectivity index (χ0) is 14.3. The van der Waals surface area contributed by atoms with Crippen LogP contribution in [0.5, 0.6) is 0 Å². The Hall–Kier alpha value is -1.30. The van der Waals surface area contributed by atoms with Crippen molar-refractivity contribution >= 4 is 22.5 Å². The Morgan fingerprint density at radius 1 is 1.20 bits per heavy atom. The highest BCUT2D eigenvalue weighted by Gasteiger charge is 2.42. The fraction of sp³-hybridized carbons (Fsp3) is 0.643. The van der Waals surface area contributed by atoms with E-state index in [9.17, 15) is 9.00 Å². The van der Waals surface area contributed by atoms with E-state index in [2.05, 4.69) is 9.97 Å². The van der Waals surface area contributed by atoms with Crippen LogP contribution < -0.4 is 4.90 Å². The van der Waals surface area contributed by atoms with Crippen LogP contribution >= 0.6 is 0 Å². The largest absolute Gasteiger partial charge is 0.347 e. The minimum atomic E-state index is -0.712. The molecule has 2 bridgehead atoms. The van der Waals surface area contributed by atoms with E-state index in [1.54, 1.807) is 17.3 Å². The van der Waals surface area contributed by atoms with Gasteiger partial charge in [-0.2, -0.15) is 0 Å². The SMILES string of the molecule is CN(C)c1ncc(C(=O)C2CC3CCC(C2)S3=O)cn1. The molecule has 2 fully saturated rings. The van der Waals surface area contributed by atoms with Crippen LogP contribution in [0, 0.1) is 5.92 Å². The topological polar surface area (TPSA) is 63.2 Å². The smallest absolute Gasteiger partial charge is 0.224 e. The lowest BCUT2D eigenvalue weighted by molar-refractivity contribution is 0.0905. The number of ketones is 1. The van der Waals surface area contributed by atoms with Gasteiger partial charge in [0, 0.05) is 53.7 Å². The van der Waals surface area contributed by atoms with Crippen LogP contribution in [0.25, 0.3) is 0 Å². The van der Waals surface area contributed by atoms with Gasteiger partial charge in [-0.3, -0.25) is 9.00 Å². The van der Waals surface area contributed by atoms with Crippen molar-refractivity contribution in [3.05, 3.63) is 18.0 Å². The van der Waals surface area contributed by atoms with Gasteiger partial charge in [-0.1, -0.05) is 0 Å². The first-order valence-corrected chi connectivity index (χ1v) is 8.27. The van der Waals surface area contributed by atoms with Crippen molar-refractivity contribution in [3.8, 4) is 0 Å². The Morgan fingerprint density at radius 2 is 1.75 bits per heavy atom. The molecule has 2 saturated heterocycles. The molecule has 0 aromatic carbocycles. The summed E-state index contributed by atoms with van der Waals surface area (Å²) in [6.07, 6.45) is 6.76. The second-order valence-corrected chi connectivity index (χ2v) is 7.84. The standard InChI is InChI=1S/C14H19N3O2S/c1-17(2)14-15-7-10(8-16-14)13(18)9-5-11-3-4-12(6-9)20(11)19/h7-9,11-12H,3-6H2,1-2H3. The van der Waals surface area contributed by atoms with Crippen LogP contribution in [0.15, 0.2) is 12.4 Å². The van der Waals surface area contributed by atoms with Crippen molar-refractivity contribution in [2.75, 3.05) is 19.0 Å². The second-order valence-electron chi connectivity index (χ2n) is 5.85. The molecule has 0 saturated carbocycles. The normalized spacial score (nSPS) is 32.1. The van der Waals surface area contributed by atoms with E-state index >= 15 is 0 Å². The maximum Gasteiger partial charge on any atom is 0.224 e. The van der Waals surface area contributed by atoms with Crippen molar-refractivity contribution in [2.24, 2.45) is 5.92 Å². The van der Waals surface area contributed by atoms with Crippen molar-refractivity contribution in [3.63, 3.8) is 0 Å². The number of carbonyl (C=O) groups is 1. The zero-order valence-electron chi connectivity index (χ0n) is 11.8. The van der Waals surface area contributed by atoms with Crippen molar-refractivity contribution in [1.82, 2.24) is 9.97 Å². The first-order chi connectivity index (χ1) is 9.56. The fourth-order valence-corrected chi connectivity index (χ4v) is 5.29. The van der Waals surface area contributed by atoms with Crippen LogP contribution in [0.1, 0.15) is 36.0 Å². The van der Waals surface area contributed by atoms with E-state index in [4.69, 9.17) is 0 Å². The highest BCUT2D eigenvalue weighted by molar-refractivity contribution is 7.86. The average Bonchev–Trinajstić information content (AvgIpc) is 2.68. The van der Waals surface area contributed by atoms with Gasteiger partial charge in [0.25, 0.3) is 0 Å². The predicted molar refractivity (Wildman–Crippen MR) is 78.4 cm³/mol. The Labute approximate surface area is 121 Å². The van der Waals surface area contributed by atoms with Crippen LogP contribution in [0.3, 0.4) is 0 Å². The summed E-state index contributed by atoms with van der Waals surface area (Å²) in [5, 5.41) is 0.453. The lowest BCUT2D eigenvalue weighted by Crippen LogP contribution is -2.32. The molecule has 0 aliphatic carbocycles. The molecule has 2 aliphatic rings. The molecule has 2 atom stereocenters. The molecule has 3 rings (SSSR count). The quantitative estimate of drug-likeness (QED) is 0.789. The number of anilines is 1. The van der Waals surface area contributed by atoms with Crippen molar-refractivity contribution < 1.29 is 9.00 Å². The van der Waals surface area contributed by atoms with Gasteiger partial charge in [0.1, 0.15) is 0 Å². The zero-order valence-corrected chi connectivity index (χ0v) is 12.6. The fourth-order valence-electron chi connectivity index (χ4n) is 3.16. The first-order valence-electron chi connectivity index (χ1n) is 6.99. The highest BCUT2D eigenvalue weighted by Crippen LogP contribution is 2.39. The summed E-state index contributed by atoms with van der Waals surface area (Å²) in [7, 11) is 3.02.